The standard InChI is InChI=1S/C14H26N2O2.ClH/c15-8-7-12-3-1-9-16(11-12)14(17)6-5-13-4-2-10-18-13;/h12-13H,1-11,15H2;1H. The van der Waals surface area contributed by atoms with E-state index in [2.05, 4.69) is 0 Å². The number of hydrogen-bond acceptors (Lipinski definition) is 3. The molecule has 0 spiro atoms. The van der Waals surface area contributed by atoms with E-state index < -0.39 is 0 Å². The number of likely N-dealkylation sites (tertiary alicyclic amines) is 1. The van der Waals surface area contributed by atoms with Crippen LogP contribution in [0.4, 0.5) is 0 Å². The summed E-state index contributed by atoms with van der Waals surface area (Å²) >= 11 is 0. The molecule has 0 aromatic heterocycles. The molecule has 2 aliphatic heterocycles. The van der Waals surface area contributed by atoms with Crippen LogP contribution in [0.5, 0.6) is 0 Å². The molecule has 2 N–H and O–H groups in total. The Morgan fingerprint density at radius 1 is 1.26 bits per heavy atom. The zero-order valence-corrected chi connectivity index (χ0v) is 12.5. The van der Waals surface area contributed by atoms with Crippen molar-refractivity contribution in [1.82, 2.24) is 4.90 Å². The molecular formula is C14H27ClN2O2. The largest absolute Gasteiger partial charge is 0.378 e. The topological polar surface area (TPSA) is 55.6 Å². The molecule has 2 aliphatic rings. The van der Waals surface area contributed by atoms with Crippen molar-refractivity contribution < 1.29 is 9.53 Å². The monoisotopic (exact) mass is 290 g/mol. The molecule has 0 aromatic rings. The van der Waals surface area contributed by atoms with Gasteiger partial charge in [-0.25, -0.2) is 0 Å². The van der Waals surface area contributed by atoms with Crippen LogP contribution in [0.3, 0.4) is 0 Å². The summed E-state index contributed by atoms with van der Waals surface area (Å²) in [5, 5.41) is 0. The first-order valence-electron chi connectivity index (χ1n) is 7.39. The third kappa shape index (κ3) is 5.28. The van der Waals surface area contributed by atoms with E-state index in [0.29, 0.717) is 24.3 Å². The zero-order chi connectivity index (χ0) is 12.8. The van der Waals surface area contributed by atoms with Crippen LogP contribution >= 0.6 is 12.4 Å². The Hall–Kier alpha value is -0.320. The van der Waals surface area contributed by atoms with Gasteiger partial charge in [0.25, 0.3) is 0 Å². The molecule has 2 fully saturated rings. The Morgan fingerprint density at radius 3 is 2.79 bits per heavy atom. The van der Waals surface area contributed by atoms with Crippen molar-refractivity contribution >= 4 is 18.3 Å². The Bertz CT molecular complexity index is 268. The van der Waals surface area contributed by atoms with Crippen molar-refractivity contribution in [1.29, 1.82) is 0 Å². The van der Waals surface area contributed by atoms with Crippen LogP contribution in [-0.2, 0) is 9.53 Å². The molecule has 0 saturated carbocycles. The van der Waals surface area contributed by atoms with E-state index in [1.54, 1.807) is 0 Å². The van der Waals surface area contributed by atoms with Gasteiger partial charge in [0.2, 0.25) is 5.91 Å². The van der Waals surface area contributed by atoms with E-state index in [9.17, 15) is 4.79 Å². The number of nitrogens with zero attached hydrogens (tertiary/aromatic N) is 1. The lowest BCUT2D eigenvalue weighted by atomic mass is 9.94. The third-order valence-corrected chi connectivity index (χ3v) is 4.15. The first kappa shape index (κ1) is 16.7. The van der Waals surface area contributed by atoms with Crippen molar-refractivity contribution in [3.05, 3.63) is 0 Å². The number of nitrogens with two attached hydrogens (primary N) is 1. The maximum absolute atomic E-state index is 12.1. The van der Waals surface area contributed by atoms with Crippen molar-refractivity contribution in [2.75, 3.05) is 26.2 Å². The summed E-state index contributed by atoms with van der Waals surface area (Å²) in [5.41, 5.74) is 5.60. The molecule has 0 aliphatic carbocycles. The minimum absolute atomic E-state index is 0. The molecule has 0 bridgehead atoms. The number of piperidine rings is 1. The second-order valence-corrected chi connectivity index (χ2v) is 5.60. The molecule has 2 saturated heterocycles. The Kier molecular flexibility index (Phi) is 7.73. The van der Waals surface area contributed by atoms with Crippen LogP contribution in [-0.4, -0.2) is 43.2 Å². The average molecular weight is 291 g/mol. The number of carbonyl (C=O) groups excluding carboxylic acids is 1. The van der Waals surface area contributed by atoms with Crippen LogP contribution in [0.15, 0.2) is 0 Å². The lowest BCUT2D eigenvalue weighted by Crippen LogP contribution is -2.40. The van der Waals surface area contributed by atoms with Gasteiger partial charge in [-0.3, -0.25) is 4.79 Å². The quantitative estimate of drug-likeness (QED) is 0.842. The lowest BCUT2D eigenvalue weighted by Gasteiger charge is -2.33. The van der Waals surface area contributed by atoms with Crippen molar-refractivity contribution in [3.63, 3.8) is 0 Å². The van der Waals surface area contributed by atoms with Crippen LogP contribution < -0.4 is 5.73 Å². The Labute approximate surface area is 122 Å². The van der Waals surface area contributed by atoms with E-state index in [4.69, 9.17) is 10.5 Å². The molecule has 4 nitrogen and oxygen atoms in total. The highest BCUT2D eigenvalue weighted by atomic mass is 35.5. The van der Waals surface area contributed by atoms with Crippen LogP contribution in [0, 0.1) is 5.92 Å². The fraction of sp³-hybridized carbons (Fsp3) is 0.929. The number of amides is 1. The van der Waals surface area contributed by atoms with Crippen molar-refractivity contribution in [2.45, 2.75) is 51.0 Å². The van der Waals surface area contributed by atoms with Gasteiger partial charge in [-0.1, -0.05) is 0 Å². The maximum Gasteiger partial charge on any atom is 0.222 e. The number of halogens is 1. The molecule has 112 valence electrons. The Balaban J connectivity index is 0.00000180. The van der Waals surface area contributed by atoms with Gasteiger partial charge in [0.1, 0.15) is 0 Å². The van der Waals surface area contributed by atoms with Crippen molar-refractivity contribution in [3.8, 4) is 0 Å². The first-order chi connectivity index (χ1) is 8.79. The summed E-state index contributed by atoms with van der Waals surface area (Å²) in [5.74, 6) is 0.933. The van der Waals surface area contributed by atoms with Gasteiger partial charge in [0.05, 0.1) is 6.10 Å². The highest BCUT2D eigenvalue weighted by molar-refractivity contribution is 5.85. The molecular weight excluding hydrogens is 264 g/mol. The predicted octanol–water partition coefficient (Wildman–Crippen LogP) is 1.95. The molecule has 2 unspecified atom stereocenters. The van der Waals surface area contributed by atoms with E-state index in [1.165, 1.54) is 6.42 Å². The summed E-state index contributed by atoms with van der Waals surface area (Å²) in [6.45, 7) is 3.47. The molecule has 2 heterocycles. The minimum Gasteiger partial charge on any atom is -0.378 e. The summed E-state index contributed by atoms with van der Waals surface area (Å²) in [6.07, 6.45) is 7.58. The van der Waals surface area contributed by atoms with Gasteiger partial charge in [-0.15, -0.1) is 12.4 Å². The first-order valence-corrected chi connectivity index (χ1v) is 7.39. The number of carbonyl (C=O) groups is 1. The van der Waals surface area contributed by atoms with Gasteiger partial charge < -0.3 is 15.4 Å². The second-order valence-electron chi connectivity index (χ2n) is 5.60. The second kappa shape index (κ2) is 8.77. The Morgan fingerprint density at radius 2 is 2.11 bits per heavy atom. The normalized spacial score (nSPS) is 27.1. The lowest BCUT2D eigenvalue weighted by molar-refractivity contribution is -0.133. The highest BCUT2D eigenvalue weighted by Crippen LogP contribution is 2.21. The van der Waals surface area contributed by atoms with E-state index in [1.807, 2.05) is 4.90 Å². The third-order valence-electron chi connectivity index (χ3n) is 4.15. The fourth-order valence-electron chi connectivity index (χ4n) is 3.08. The van der Waals surface area contributed by atoms with E-state index in [0.717, 1.165) is 58.3 Å². The van der Waals surface area contributed by atoms with Crippen LogP contribution in [0.1, 0.15) is 44.9 Å². The zero-order valence-electron chi connectivity index (χ0n) is 11.7. The van der Waals surface area contributed by atoms with E-state index >= 15 is 0 Å². The fourth-order valence-corrected chi connectivity index (χ4v) is 3.08. The summed E-state index contributed by atoms with van der Waals surface area (Å²) in [4.78, 5) is 14.2. The van der Waals surface area contributed by atoms with Crippen LogP contribution in [0.25, 0.3) is 0 Å². The van der Waals surface area contributed by atoms with Gasteiger partial charge in [0, 0.05) is 26.1 Å². The van der Waals surface area contributed by atoms with Crippen LogP contribution in [0.2, 0.25) is 0 Å². The average Bonchev–Trinajstić information content (AvgIpc) is 2.90. The molecule has 19 heavy (non-hydrogen) atoms. The van der Waals surface area contributed by atoms with Crippen molar-refractivity contribution in [2.24, 2.45) is 11.7 Å². The summed E-state index contributed by atoms with van der Waals surface area (Å²) in [7, 11) is 0. The smallest absolute Gasteiger partial charge is 0.222 e. The molecule has 1 amide bonds. The SMILES string of the molecule is Cl.NCCC1CCCN(C(=O)CCC2CCCO2)C1. The van der Waals surface area contributed by atoms with Gasteiger partial charge in [-0.05, 0) is 51.0 Å². The number of hydrogen-bond donors (Lipinski definition) is 1. The van der Waals surface area contributed by atoms with Gasteiger partial charge >= 0.3 is 0 Å². The summed E-state index contributed by atoms with van der Waals surface area (Å²) in [6, 6.07) is 0. The number of rotatable bonds is 5. The molecule has 2 atom stereocenters. The minimum atomic E-state index is 0. The predicted molar refractivity (Wildman–Crippen MR) is 78.4 cm³/mol. The number of ether oxygens (including phenoxy) is 1. The van der Waals surface area contributed by atoms with Gasteiger partial charge in [-0.2, -0.15) is 0 Å². The molecule has 2 rings (SSSR count). The molecule has 0 radical (unpaired) electrons. The molecule has 5 heteroatoms. The molecule has 0 aromatic carbocycles. The van der Waals surface area contributed by atoms with Gasteiger partial charge in [0.15, 0.2) is 0 Å². The van der Waals surface area contributed by atoms with E-state index in [-0.39, 0.29) is 12.4 Å². The maximum atomic E-state index is 12.1. The highest BCUT2D eigenvalue weighted by Gasteiger charge is 2.24. The summed E-state index contributed by atoms with van der Waals surface area (Å²) < 4.78 is 5.56.